The summed E-state index contributed by atoms with van der Waals surface area (Å²) in [6, 6.07) is 0. The molecular weight excluding hydrogens is 400 g/mol. The molecule has 1 unspecified atom stereocenters. The lowest BCUT2D eigenvalue weighted by atomic mass is 9.82. The largest absolute Gasteiger partial charge is 0.480 e. The highest BCUT2D eigenvalue weighted by Crippen LogP contribution is 2.28. The van der Waals surface area contributed by atoms with E-state index in [4.69, 9.17) is 10.2 Å². The number of carboxylic acid groups (broad SMARTS) is 2. The second-order valence-electron chi connectivity index (χ2n) is 10.6. The second-order valence-corrected chi connectivity index (χ2v) is 10.6. The van der Waals surface area contributed by atoms with Crippen molar-refractivity contribution >= 4 is 23.6 Å². The van der Waals surface area contributed by atoms with Crippen LogP contribution in [0.4, 0.5) is 0 Å². The zero-order valence-corrected chi connectivity index (χ0v) is 20.5. The Bertz CT molecular complexity index is 638. The van der Waals surface area contributed by atoms with Crippen molar-refractivity contribution in [2.24, 2.45) is 11.3 Å². The van der Waals surface area contributed by atoms with Crippen molar-refractivity contribution in [3.8, 4) is 0 Å². The Morgan fingerprint density at radius 1 is 0.871 bits per heavy atom. The van der Waals surface area contributed by atoms with Crippen LogP contribution in [0.3, 0.4) is 0 Å². The number of Topliss-reactive ketones (excluding diaryl/α,β-unsaturated/α-hetero) is 1. The van der Waals surface area contributed by atoms with Crippen LogP contribution in [-0.4, -0.2) is 62.9 Å². The predicted molar refractivity (Wildman–Crippen MR) is 120 cm³/mol. The maximum atomic E-state index is 12.8. The van der Waals surface area contributed by atoms with Crippen molar-refractivity contribution in [3.63, 3.8) is 0 Å². The maximum Gasteiger partial charge on any atom is 0.317 e. The topological polar surface area (TPSA) is 124 Å². The average Bonchev–Trinajstić information content (AvgIpc) is 2.57. The number of nitrogens with one attached hydrogen (secondary N) is 1. The van der Waals surface area contributed by atoms with Crippen LogP contribution in [0.25, 0.3) is 0 Å². The van der Waals surface area contributed by atoms with E-state index in [1.54, 1.807) is 6.92 Å². The molecule has 8 heteroatoms. The predicted octanol–water partition coefficient (Wildman–Crippen LogP) is 3.33. The summed E-state index contributed by atoms with van der Waals surface area (Å²) in [6.45, 7) is 14.1. The van der Waals surface area contributed by atoms with Gasteiger partial charge in [0.25, 0.3) is 0 Å². The van der Waals surface area contributed by atoms with Gasteiger partial charge < -0.3 is 15.5 Å². The number of ketones is 1. The third kappa shape index (κ3) is 11.3. The number of aliphatic carboxylic acids is 2. The van der Waals surface area contributed by atoms with E-state index in [1.165, 1.54) is 4.90 Å². The van der Waals surface area contributed by atoms with E-state index in [0.29, 0.717) is 32.1 Å². The van der Waals surface area contributed by atoms with Crippen LogP contribution in [0.5, 0.6) is 0 Å². The van der Waals surface area contributed by atoms with Crippen molar-refractivity contribution in [3.05, 3.63) is 0 Å². The molecule has 0 heterocycles. The summed E-state index contributed by atoms with van der Waals surface area (Å²) in [5.74, 6) is -2.14. The number of nitrogens with zero attached hydrogens (tertiary/aromatic N) is 1. The molecule has 0 aromatic heterocycles. The maximum absolute atomic E-state index is 12.8. The van der Waals surface area contributed by atoms with Crippen molar-refractivity contribution < 1.29 is 29.4 Å². The molecule has 0 aliphatic rings. The lowest BCUT2D eigenvalue weighted by Crippen LogP contribution is -2.50. The minimum atomic E-state index is -1.07. The van der Waals surface area contributed by atoms with Gasteiger partial charge in [-0.05, 0) is 66.7 Å². The molecule has 0 spiro atoms. The first-order chi connectivity index (χ1) is 13.9. The molecule has 0 aromatic carbocycles. The molecule has 0 radical (unpaired) electrons. The molecule has 0 aliphatic heterocycles. The first-order valence-electron chi connectivity index (χ1n) is 10.9. The monoisotopic (exact) mass is 442 g/mol. The number of rotatable bonds is 15. The van der Waals surface area contributed by atoms with Crippen molar-refractivity contribution in [2.45, 2.75) is 98.6 Å². The lowest BCUT2D eigenvalue weighted by molar-refractivity contribution is -0.144. The number of carbonyl (C=O) groups is 4. The third-order valence-electron chi connectivity index (χ3n) is 6.06. The van der Waals surface area contributed by atoms with Gasteiger partial charge in [0.1, 0.15) is 5.78 Å². The molecule has 31 heavy (non-hydrogen) atoms. The molecule has 0 aromatic rings. The molecule has 0 saturated carbocycles. The number of hydrogen-bond acceptors (Lipinski definition) is 5. The van der Waals surface area contributed by atoms with Crippen LogP contribution in [-0.2, 0) is 19.2 Å². The fourth-order valence-electron chi connectivity index (χ4n) is 3.36. The minimum Gasteiger partial charge on any atom is -0.480 e. The van der Waals surface area contributed by atoms with Crippen LogP contribution < -0.4 is 5.32 Å². The molecule has 0 saturated heterocycles. The summed E-state index contributed by atoms with van der Waals surface area (Å²) in [5.41, 5.74) is -1.68. The Labute approximate surface area is 186 Å². The Balaban J connectivity index is 4.87. The first kappa shape index (κ1) is 29.0. The van der Waals surface area contributed by atoms with Gasteiger partial charge in [-0.15, -0.1) is 0 Å². The molecule has 1 atom stereocenters. The van der Waals surface area contributed by atoms with Crippen LogP contribution in [0.15, 0.2) is 0 Å². The molecule has 0 fully saturated rings. The van der Waals surface area contributed by atoms with E-state index in [1.807, 2.05) is 48.5 Å². The van der Waals surface area contributed by atoms with Gasteiger partial charge in [-0.2, -0.15) is 0 Å². The van der Waals surface area contributed by atoms with E-state index in [0.717, 1.165) is 0 Å². The van der Waals surface area contributed by atoms with Gasteiger partial charge in [0.15, 0.2) is 0 Å². The summed E-state index contributed by atoms with van der Waals surface area (Å²) in [4.78, 5) is 48.0. The highest BCUT2D eigenvalue weighted by atomic mass is 16.4. The van der Waals surface area contributed by atoms with Crippen LogP contribution >= 0.6 is 0 Å². The zero-order valence-electron chi connectivity index (χ0n) is 20.5. The summed E-state index contributed by atoms with van der Waals surface area (Å²) in [7, 11) is 0. The van der Waals surface area contributed by atoms with Gasteiger partial charge in [0.2, 0.25) is 5.91 Å². The second kappa shape index (κ2) is 11.6. The van der Waals surface area contributed by atoms with Gasteiger partial charge in [0.05, 0.1) is 13.1 Å². The fourth-order valence-corrected chi connectivity index (χ4v) is 3.36. The molecular formula is C23H42N2O6. The van der Waals surface area contributed by atoms with Gasteiger partial charge in [-0.25, -0.2) is 0 Å². The molecule has 180 valence electrons. The van der Waals surface area contributed by atoms with Crippen LogP contribution in [0.2, 0.25) is 0 Å². The van der Waals surface area contributed by atoms with E-state index in [2.05, 4.69) is 5.32 Å². The van der Waals surface area contributed by atoms with Crippen molar-refractivity contribution in [2.75, 3.05) is 13.1 Å². The molecule has 0 rings (SSSR count). The highest BCUT2D eigenvalue weighted by Gasteiger charge is 2.34. The van der Waals surface area contributed by atoms with E-state index in [9.17, 15) is 19.2 Å². The van der Waals surface area contributed by atoms with Gasteiger partial charge in [0, 0.05) is 22.4 Å². The Morgan fingerprint density at radius 2 is 1.35 bits per heavy atom. The smallest absolute Gasteiger partial charge is 0.317 e. The Hall–Kier alpha value is -1.96. The highest BCUT2D eigenvalue weighted by molar-refractivity contribution is 5.82. The van der Waals surface area contributed by atoms with Gasteiger partial charge in [-0.1, -0.05) is 20.8 Å². The zero-order chi connectivity index (χ0) is 24.6. The van der Waals surface area contributed by atoms with Crippen molar-refractivity contribution in [1.82, 2.24) is 10.2 Å². The third-order valence-corrected chi connectivity index (χ3v) is 6.06. The molecule has 0 bridgehead atoms. The quantitative estimate of drug-likeness (QED) is 0.355. The number of carbonyl (C=O) groups excluding carboxylic acids is 2. The normalized spacial score (nSPS) is 13.7. The van der Waals surface area contributed by atoms with E-state index in [-0.39, 0.29) is 30.7 Å². The van der Waals surface area contributed by atoms with Crippen LogP contribution in [0.1, 0.15) is 87.5 Å². The number of carboxylic acids is 2. The SMILES string of the molecule is CC(=O)C(C)CCC(C)(C)C(=O)NC(C)(C)CCCC(C)(C)N(CC(=O)O)CC(=O)O. The first-order valence-corrected chi connectivity index (χ1v) is 10.9. The summed E-state index contributed by atoms with van der Waals surface area (Å²) in [5, 5.41) is 21.3. The molecule has 3 N–H and O–H groups in total. The lowest BCUT2D eigenvalue weighted by Gasteiger charge is -2.38. The van der Waals surface area contributed by atoms with Gasteiger partial charge >= 0.3 is 11.9 Å². The fraction of sp³-hybridized carbons (Fsp3) is 0.826. The molecule has 8 nitrogen and oxygen atoms in total. The summed E-state index contributed by atoms with van der Waals surface area (Å²) in [6.07, 6.45) is 3.22. The summed E-state index contributed by atoms with van der Waals surface area (Å²) < 4.78 is 0. The number of hydrogen-bond donors (Lipinski definition) is 3. The Morgan fingerprint density at radius 3 is 1.77 bits per heavy atom. The summed E-state index contributed by atoms with van der Waals surface area (Å²) >= 11 is 0. The van der Waals surface area contributed by atoms with Crippen molar-refractivity contribution in [1.29, 1.82) is 0 Å². The number of amides is 1. The average molecular weight is 443 g/mol. The molecule has 0 aliphatic carbocycles. The van der Waals surface area contributed by atoms with Crippen LogP contribution in [0, 0.1) is 11.3 Å². The Kier molecular flexibility index (Phi) is 10.9. The van der Waals surface area contributed by atoms with E-state index < -0.39 is 28.4 Å². The molecule has 1 amide bonds. The standard InChI is InChI=1S/C23H42N2O6/c1-16(17(2)26)10-13-21(3,4)20(31)24-22(5,6)11-9-12-23(7,8)25(14-18(27)28)15-19(29)30/h16H,9-15H2,1-8H3,(H,24,31)(H,27,28)(H,29,30). The van der Waals surface area contributed by atoms with E-state index >= 15 is 0 Å². The van der Waals surface area contributed by atoms with Gasteiger partial charge in [-0.3, -0.25) is 24.1 Å². The minimum absolute atomic E-state index is 0.0640.